The van der Waals surface area contributed by atoms with Crippen LogP contribution in [0.4, 0.5) is 5.69 Å². The molecular weight excluding hydrogens is 546 g/mol. The van der Waals surface area contributed by atoms with E-state index in [4.69, 9.17) is 15.2 Å². The number of likely N-dealkylation sites (tertiary alicyclic amines) is 1. The molecule has 1 amide bonds. The summed E-state index contributed by atoms with van der Waals surface area (Å²) in [6.07, 6.45) is 4.52. The molecule has 0 radical (unpaired) electrons. The first-order valence-electron chi connectivity index (χ1n) is 15.2. The molecule has 2 heterocycles. The van der Waals surface area contributed by atoms with Crippen LogP contribution in [0.3, 0.4) is 0 Å². The Labute approximate surface area is 255 Å². The summed E-state index contributed by atoms with van der Waals surface area (Å²) < 4.78 is 11.2. The molecular formula is C34H47N3O6. The van der Waals surface area contributed by atoms with Gasteiger partial charge in [0.1, 0.15) is 0 Å². The second-order valence-electron chi connectivity index (χ2n) is 12.7. The number of nitrogens with two attached hydrogens (primary N) is 1. The SMILES string of the molecule is CCCCN(C(=O)CN1C[C@H](c2cc(CO)c3c(c2)OCO3)[C@@H](C(=O)O)[C@@H]1CC(C)(C)C=C(C)C)c1cccc(CN)c1. The minimum atomic E-state index is -0.903. The van der Waals surface area contributed by atoms with Crippen LogP contribution in [0.15, 0.2) is 48.0 Å². The van der Waals surface area contributed by atoms with E-state index in [1.807, 2.05) is 55.1 Å². The van der Waals surface area contributed by atoms with Crippen LogP contribution in [0.1, 0.15) is 76.5 Å². The number of ether oxygens (including phenoxy) is 2. The molecule has 4 N–H and O–H groups in total. The number of anilines is 1. The third-order valence-electron chi connectivity index (χ3n) is 8.45. The van der Waals surface area contributed by atoms with Gasteiger partial charge in [0.05, 0.1) is 19.1 Å². The van der Waals surface area contributed by atoms with Crippen LogP contribution in [0.5, 0.6) is 11.5 Å². The van der Waals surface area contributed by atoms with Gasteiger partial charge in [0.15, 0.2) is 11.5 Å². The number of aliphatic hydroxyl groups is 1. The van der Waals surface area contributed by atoms with Gasteiger partial charge in [-0.1, -0.05) is 51.0 Å². The van der Waals surface area contributed by atoms with Gasteiger partial charge in [-0.2, -0.15) is 0 Å². The van der Waals surface area contributed by atoms with Gasteiger partial charge < -0.3 is 30.3 Å². The van der Waals surface area contributed by atoms with Crippen molar-refractivity contribution in [1.82, 2.24) is 4.90 Å². The fraction of sp³-hybridized carbons (Fsp3) is 0.529. The van der Waals surface area contributed by atoms with Crippen LogP contribution >= 0.6 is 0 Å². The molecule has 0 aliphatic carbocycles. The maximum Gasteiger partial charge on any atom is 0.308 e. The number of carbonyl (C=O) groups excluding carboxylic acids is 1. The van der Waals surface area contributed by atoms with Crippen LogP contribution in [-0.2, 0) is 22.7 Å². The summed E-state index contributed by atoms with van der Waals surface area (Å²) in [4.78, 5) is 31.0. The van der Waals surface area contributed by atoms with E-state index in [1.54, 1.807) is 0 Å². The van der Waals surface area contributed by atoms with Gasteiger partial charge in [0.2, 0.25) is 12.7 Å². The van der Waals surface area contributed by atoms with Crippen molar-refractivity contribution in [2.45, 2.75) is 79.0 Å². The molecule has 0 saturated carbocycles. The first-order valence-corrected chi connectivity index (χ1v) is 15.2. The number of carboxylic acids is 1. The summed E-state index contributed by atoms with van der Waals surface area (Å²) in [6.45, 7) is 11.6. The van der Waals surface area contributed by atoms with Crippen molar-refractivity contribution in [2.24, 2.45) is 17.1 Å². The third-order valence-corrected chi connectivity index (χ3v) is 8.45. The van der Waals surface area contributed by atoms with Gasteiger partial charge in [-0.25, -0.2) is 0 Å². The quantitative estimate of drug-likeness (QED) is 0.276. The molecule has 234 valence electrons. The van der Waals surface area contributed by atoms with Gasteiger partial charge in [-0.15, -0.1) is 0 Å². The van der Waals surface area contributed by atoms with Gasteiger partial charge in [-0.3, -0.25) is 14.5 Å². The number of benzene rings is 2. The minimum absolute atomic E-state index is 0.0535. The number of rotatable bonds is 13. The largest absolute Gasteiger partial charge is 0.481 e. The number of aliphatic carboxylic acids is 1. The van der Waals surface area contributed by atoms with Gasteiger partial charge in [-0.05, 0) is 67.5 Å². The van der Waals surface area contributed by atoms with E-state index in [1.165, 1.54) is 0 Å². The number of nitrogens with zero attached hydrogens (tertiary/aromatic N) is 2. The summed E-state index contributed by atoms with van der Waals surface area (Å²) in [7, 11) is 0. The lowest BCUT2D eigenvalue weighted by atomic mass is 9.77. The molecule has 0 spiro atoms. The smallest absolute Gasteiger partial charge is 0.308 e. The molecule has 2 aliphatic heterocycles. The van der Waals surface area contributed by atoms with Crippen LogP contribution in [0, 0.1) is 11.3 Å². The molecule has 4 rings (SSSR count). The maximum absolute atomic E-state index is 14.1. The van der Waals surface area contributed by atoms with Crippen LogP contribution in [-0.4, -0.2) is 59.5 Å². The number of fused-ring (bicyclic) bond motifs is 1. The Kier molecular flexibility index (Phi) is 10.5. The fourth-order valence-electron chi connectivity index (χ4n) is 6.73. The highest BCUT2D eigenvalue weighted by molar-refractivity contribution is 5.95. The van der Waals surface area contributed by atoms with E-state index in [2.05, 4.69) is 31.7 Å². The third kappa shape index (κ3) is 7.58. The van der Waals surface area contributed by atoms with Crippen LogP contribution < -0.4 is 20.1 Å². The van der Waals surface area contributed by atoms with Crippen molar-refractivity contribution >= 4 is 17.6 Å². The zero-order valence-electron chi connectivity index (χ0n) is 26.1. The standard InChI is InChI=1S/C34H47N3O6/c1-6-7-11-37(26-10-8-9-23(12-26)17-35)30(39)19-36-18-27(24-13-25(20-38)32-29(14-24)42-21-43-32)31(33(40)41)28(36)16-34(4,5)15-22(2)3/h8-10,12-15,27-28,31,38H,6-7,11,16-21,35H2,1-5H3,(H,40,41)/t27-,28+,31-/m1/s1. The molecule has 0 unspecified atom stereocenters. The second-order valence-corrected chi connectivity index (χ2v) is 12.7. The second kappa shape index (κ2) is 13.9. The Bertz CT molecular complexity index is 1340. The van der Waals surface area contributed by atoms with E-state index in [-0.39, 0.29) is 31.3 Å². The topological polar surface area (TPSA) is 126 Å². The first-order chi connectivity index (χ1) is 20.5. The number of aliphatic hydroxyl groups excluding tert-OH is 1. The summed E-state index contributed by atoms with van der Waals surface area (Å²) in [5.41, 5.74) is 9.84. The molecule has 9 nitrogen and oxygen atoms in total. The predicted molar refractivity (Wildman–Crippen MR) is 167 cm³/mol. The Balaban J connectivity index is 1.73. The number of allylic oxidation sites excluding steroid dienone is 2. The molecule has 2 aliphatic rings. The molecule has 0 aromatic heterocycles. The fourth-order valence-corrected chi connectivity index (χ4v) is 6.73. The number of carbonyl (C=O) groups is 2. The first kappa shape index (κ1) is 32.5. The minimum Gasteiger partial charge on any atom is -0.481 e. The summed E-state index contributed by atoms with van der Waals surface area (Å²) >= 11 is 0. The highest BCUT2D eigenvalue weighted by atomic mass is 16.7. The number of hydrogen-bond donors (Lipinski definition) is 3. The molecule has 9 heteroatoms. The molecule has 2 aromatic carbocycles. The molecule has 0 bridgehead atoms. The number of unbranched alkanes of at least 4 members (excludes halogenated alkanes) is 1. The average molecular weight is 594 g/mol. The van der Waals surface area contributed by atoms with Crippen molar-refractivity contribution in [3.05, 3.63) is 64.7 Å². The normalized spacial score (nSPS) is 19.8. The van der Waals surface area contributed by atoms with Crippen molar-refractivity contribution in [2.75, 3.05) is 31.3 Å². The number of carboxylic acid groups (broad SMARTS) is 1. The van der Waals surface area contributed by atoms with Crippen molar-refractivity contribution in [3.8, 4) is 11.5 Å². The monoisotopic (exact) mass is 593 g/mol. The van der Waals surface area contributed by atoms with E-state index in [0.29, 0.717) is 43.1 Å². The van der Waals surface area contributed by atoms with Crippen molar-refractivity contribution in [1.29, 1.82) is 0 Å². The molecule has 1 fully saturated rings. The highest BCUT2D eigenvalue weighted by Gasteiger charge is 2.49. The lowest BCUT2D eigenvalue weighted by Crippen LogP contribution is -2.45. The van der Waals surface area contributed by atoms with E-state index in [0.717, 1.165) is 35.2 Å². The summed E-state index contributed by atoms with van der Waals surface area (Å²) in [5.74, 6) is -1.15. The van der Waals surface area contributed by atoms with Gasteiger partial charge in [0, 0.05) is 42.8 Å². The Morgan fingerprint density at radius 1 is 1.19 bits per heavy atom. The molecule has 3 atom stereocenters. The Morgan fingerprint density at radius 3 is 2.60 bits per heavy atom. The average Bonchev–Trinajstić information content (AvgIpc) is 3.56. The van der Waals surface area contributed by atoms with Crippen molar-refractivity contribution in [3.63, 3.8) is 0 Å². The predicted octanol–water partition coefficient (Wildman–Crippen LogP) is 5.05. The molecule has 2 aromatic rings. The van der Waals surface area contributed by atoms with E-state index in [9.17, 15) is 19.8 Å². The molecule has 1 saturated heterocycles. The number of hydrogen-bond acceptors (Lipinski definition) is 7. The van der Waals surface area contributed by atoms with E-state index < -0.39 is 23.8 Å². The van der Waals surface area contributed by atoms with Crippen LogP contribution in [0.2, 0.25) is 0 Å². The van der Waals surface area contributed by atoms with Crippen LogP contribution in [0.25, 0.3) is 0 Å². The lowest BCUT2D eigenvalue weighted by molar-refractivity contribution is -0.143. The Morgan fingerprint density at radius 2 is 1.95 bits per heavy atom. The number of amides is 1. The summed E-state index contributed by atoms with van der Waals surface area (Å²) in [6, 6.07) is 11.0. The zero-order valence-corrected chi connectivity index (χ0v) is 26.1. The van der Waals surface area contributed by atoms with Gasteiger partial charge >= 0.3 is 5.97 Å². The zero-order chi connectivity index (χ0) is 31.3. The Hall–Kier alpha value is -3.40. The maximum atomic E-state index is 14.1. The van der Waals surface area contributed by atoms with Crippen molar-refractivity contribution < 1.29 is 29.3 Å². The van der Waals surface area contributed by atoms with E-state index >= 15 is 0 Å². The highest BCUT2D eigenvalue weighted by Crippen LogP contribution is 2.46. The van der Waals surface area contributed by atoms with Gasteiger partial charge in [0.25, 0.3) is 0 Å². The molecule has 43 heavy (non-hydrogen) atoms. The lowest BCUT2D eigenvalue weighted by Gasteiger charge is -2.34. The summed E-state index contributed by atoms with van der Waals surface area (Å²) in [5, 5.41) is 20.7.